The molecule has 0 bridgehead atoms. The molecular weight excluding hydrogens is 753 g/mol. The van der Waals surface area contributed by atoms with Gasteiger partial charge in [0.1, 0.15) is 0 Å². The number of hydrogen-bond donors (Lipinski definition) is 0. The summed E-state index contributed by atoms with van der Waals surface area (Å²) in [6.45, 7) is 0. The predicted molar refractivity (Wildman–Crippen MR) is 266 cm³/mol. The molecule has 0 nitrogen and oxygen atoms in total. The second kappa shape index (κ2) is 13.5. The Morgan fingerprint density at radius 3 is 1.51 bits per heavy atom. The Balaban J connectivity index is 0.996. The van der Waals surface area contributed by atoms with E-state index in [1.807, 2.05) is 11.3 Å². The van der Waals surface area contributed by atoms with Gasteiger partial charge in [-0.25, -0.2) is 0 Å². The fourth-order valence-corrected chi connectivity index (χ4v) is 11.6. The molecule has 0 N–H and O–H groups in total. The summed E-state index contributed by atoms with van der Waals surface area (Å²) in [6, 6.07) is 81.1. The van der Waals surface area contributed by atoms with Crippen LogP contribution in [0.4, 0.5) is 0 Å². The second-order valence-electron chi connectivity index (χ2n) is 16.3. The fraction of sp³-hybridized carbons (Fsp3) is 0. The number of rotatable bonds is 4. The minimum atomic E-state index is 1.22. The van der Waals surface area contributed by atoms with E-state index in [-0.39, 0.29) is 0 Å². The van der Waals surface area contributed by atoms with Crippen LogP contribution in [-0.4, -0.2) is 0 Å². The highest BCUT2D eigenvalue weighted by atomic mass is 32.1. The summed E-state index contributed by atoms with van der Waals surface area (Å²) >= 11 is 1.94. The highest BCUT2D eigenvalue weighted by Gasteiger charge is 2.20. The van der Waals surface area contributed by atoms with Gasteiger partial charge in [0.25, 0.3) is 0 Å². The molecule has 13 aromatic rings. The van der Waals surface area contributed by atoms with Crippen LogP contribution >= 0.6 is 11.3 Å². The molecule has 0 radical (unpaired) electrons. The molecule has 0 saturated heterocycles. The fourth-order valence-electron chi connectivity index (χ4n) is 10.3. The topological polar surface area (TPSA) is 0 Å². The van der Waals surface area contributed by atoms with E-state index in [1.54, 1.807) is 0 Å². The average Bonchev–Trinajstić information content (AvgIpc) is 3.74. The maximum Gasteiger partial charge on any atom is 0.0440 e. The summed E-state index contributed by atoms with van der Waals surface area (Å²) in [5.41, 5.74) is 9.95. The van der Waals surface area contributed by atoms with Gasteiger partial charge in [-0.2, -0.15) is 0 Å². The zero-order valence-electron chi connectivity index (χ0n) is 33.2. The standard InChI is InChI=1S/C60H36S/c1-2-14-37(15-3-1)40-31-32-44-42(34-40)17-13-27-47(44)57-51-24-9-7-22-49(51)56(50-23-8-10-25-52(50)57)43-18-12-16-39(35-43)41-29-28-38-30-33-54-58-48-21-6-4-19-45(48)46-20-5-11-26-53(46)60(58)61-59(54)55(38)36-41/h1-36H. The van der Waals surface area contributed by atoms with Crippen molar-refractivity contribution in [3.05, 3.63) is 218 Å². The van der Waals surface area contributed by atoms with E-state index in [2.05, 4.69) is 218 Å². The summed E-state index contributed by atoms with van der Waals surface area (Å²) in [4.78, 5) is 0. The van der Waals surface area contributed by atoms with Crippen molar-refractivity contribution >= 4 is 96.1 Å². The third-order valence-electron chi connectivity index (χ3n) is 13.0. The summed E-state index contributed by atoms with van der Waals surface area (Å²) in [5.74, 6) is 0. The number of fused-ring (bicyclic) bond motifs is 13. The highest BCUT2D eigenvalue weighted by Crippen LogP contribution is 2.48. The number of benzene rings is 12. The Morgan fingerprint density at radius 2 is 0.754 bits per heavy atom. The molecule has 61 heavy (non-hydrogen) atoms. The molecule has 282 valence electrons. The Hall–Kier alpha value is -7.58. The van der Waals surface area contributed by atoms with Gasteiger partial charge in [-0.15, -0.1) is 11.3 Å². The minimum absolute atomic E-state index is 1.22. The van der Waals surface area contributed by atoms with Gasteiger partial charge >= 0.3 is 0 Å². The molecule has 0 amide bonds. The van der Waals surface area contributed by atoms with Crippen LogP contribution in [0.25, 0.3) is 129 Å². The Labute approximate surface area is 357 Å². The van der Waals surface area contributed by atoms with Crippen molar-refractivity contribution in [2.24, 2.45) is 0 Å². The molecule has 0 fully saturated rings. The van der Waals surface area contributed by atoms with Gasteiger partial charge in [0, 0.05) is 30.9 Å². The van der Waals surface area contributed by atoms with E-state index in [4.69, 9.17) is 0 Å². The largest absolute Gasteiger partial charge is 0.134 e. The molecule has 0 unspecified atom stereocenters. The van der Waals surface area contributed by atoms with Gasteiger partial charge in [0.05, 0.1) is 0 Å². The van der Waals surface area contributed by atoms with Gasteiger partial charge in [0.2, 0.25) is 0 Å². The molecule has 0 aliphatic heterocycles. The molecule has 1 heterocycles. The molecule has 0 saturated carbocycles. The van der Waals surface area contributed by atoms with Crippen LogP contribution in [0.15, 0.2) is 218 Å². The van der Waals surface area contributed by atoms with Gasteiger partial charge in [-0.05, 0) is 117 Å². The van der Waals surface area contributed by atoms with Gasteiger partial charge < -0.3 is 0 Å². The normalized spacial score (nSPS) is 11.9. The first kappa shape index (κ1) is 34.3. The predicted octanol–water partition coefficient (Wildman–Crippen LogP) is 17.6. The van der Waals surface area contributed by atoms with Crippen LogP contribution < -0.4 is 0 Å². The van der Waals surface area contributed by atoms with E-state index in [0.29, 0.717) is 0 Å². The van der Waals surface area contributed by atoms with Crippen molar-refractivity contribution in [2.75, 3.05) is 0 Å². The van der Waals surface area contributed by atoms with E-state index >= 15 is 0 Å². The molecule has 12 aromatic carbocycles. The monoisotopic (exact) mass is 788 g/mol. The quantitative estimate of drug-likeness (QED) is 0.123. The summed E-state index contributed by atoms with van der Waals surface area (Å²) in [7, 11) is 0. The van der Waals surface area contributed by atoms with Gasteiger partial charge in [-0.1, -0.05) is 200 Å². The summed E-state index contributed by atoms with van der Waals surface area (Å²) < 4.78 is 2.72. The zero-order valence-corrected chi connectivity index (χ0v) is 34.0. The van der Waals surface area contributed by atoms with Crippen molar-refractivity contribution in [1.29, 1.82) is 0 Å². The minimum Gasteiger partial charge on any atom is -0.134 e. The molecule has 1 heteroatoms. The van der Waals surface area contributed by atoms with Crippen molar-refractivity contribution in [1.82, 2.24) is 0 Å². The smallest absolute Gasteiger partial charge is 0.0440 e. The lowest BCUT2D eigenvalue weighted by molar-refractivity contribution is 1.63. The van der Waals surface area contributed by atoms with Crippen molar-refractivity contribution in [3.8, 4) is 44.5 Å². The van der Waals surface area contributed by atoms with Gasteiger partial charge in [-0.3, -0.25) is 0 Å². The van der Waals surface area contributed by atoms with Crippen LogP contribution in [0, 0.1) is 0 Å². The Bertz CT molecular complexity index is 3870. The lowest BCUT2D eigenvalue weighted by Crippen LogP contribution is -1.92. The van der Waals surface area contributed by atoms with E-state index in [1.165, 1.54) is 129 Å². The molecule has 0 spiro atoms. The summed E-state index contributed by atoms with van der Waals surface area (Å²) in [5, 5.41) is 18.1. The van der Waals surface area contributed by atoms with Crippen LogP contribution in [0.2, 0.25) is 0 Å². The third-order valence-corrected chi connectivity index (χ3v) is 14.3. The first-order chi connectivity index (χ1) is 30.3. The first-order valence-electron chi connectivity index (χ1n) is 21.1. The van der Waals surface area contributed by atoms with Gasteiger partial charge in [0.15, 0.2) is 0 Å². The van der Waals surface area contributed by atoms with Crippen molar-refractivity contribution in [2.45, 2.75) is 0 Å². The van der Waals surface area contributed by atoms with Crippen LogP contribution in [-0.2, 0) is 0 Å². The molecule has 0 aliphatic rings. The number of thiophene rings is 1. The Morgan fingerprint density at radius 1 is 0.230 bits per heavy atom. The maximum absolute atomic E-state index is 2.43. The third kappa shape index (κ3) is 5.24. The second-order valence-corrected chi connectivity index (χ2v) is 17.3. The molecular formula is C60H36S. The first-order valence-corrected chi connectivity index (χ1v) is 21.9. The molecule has 1 aromatic heterocycles. The van der Waals surface area contributed by atoms with E-state index in [9.17, 15) is 0 Å². The number of hydrogen-bond acceptors (Lipinski definition) is 1. The SMILES string of the molecule is c1ccc(-c2ccc3c(-c4c5ccccc5c(-c5cccc(-c6ccc7ccc8c(sc9c%10ccccc%10c%10ccccc%10c89)c7c6)c5)c5ccccc45)cccc3c2)cc1. The molecule has 13 rings (SSSR count). The van der Waals surface area contributed by atoms with Crippen LogP contribution in [0.3, 0.4) is 0 Å². The lowest BCUT2D eigenvalue weighted by atomic mass is 9.84. The van der Waals surface area contributed by atoms with E-state index in [0.717, 1.165) is 0 Å². The summed E-state index contributed by atoms with van der Waals surface area (Å²) in [6.07, 6.45) is 0. The van der Waals surface area contributed by atoms with Crippen LogP contribution in [0.1, 0.15) is 0 Å². The van der Waals surface area contributed by atoms with Crippen LogP contribution in [0.5, 0.6) is 0 Å². The Kier molecular flexibility index (Phi) is 7.58. The highest BCUT2D eigenvalue weighted by molar-refractivity contribution is 7.27. The zero-order chi connectivity index (χ0) is 40.0. The maximum atomic E-state index is 2.43. The van der Waals surface area contributed by atoms with Crippen molar-refractivity contribution in [3.63, 3.8) is 0 Å². The van der Waals surface area contributed by atoms with E-state index < -0.39 is 0 Å². The lowest BCUT2D eigenvalue weighted by Gasteiger charge is -2.19. The van der Waals surface area contributed by atoms with Crippen molar-refractivity contribution < 1.29 is 0 Å². The average molecular weight is 789 g/mol. The molecule has 0 aliphatic carbocycles. The molecule has 0 atom stereocenters.